The van der Waals surface area contributed by atoms with E-state index in [4.69, 9.17) is 23.8 Å². The molecule has 0 spiro atoms. The Hall–Kier alpha value is -1.50. The number of aromatic amines is 1. The van der Waals surface area contributed by atoms with Crippen LogP contribution in [0.1, 0.15) is 5.82 Å². The fourth-order valence-electron chi connectivity index (χ4n) is 1.84. The maximum Gasteiger partial charge on any atom is 0.270 e. The SMILES string of the molecule is Cc1nc2c(sc(=S)n2-c2ccc(Cl)cc2)c(=O)[nH]1. The molecule has 4 nitrogen and oxygen atoms in total. The van der Waals surface area contributed by atoms with Crippen LogP contribution < -0.4 is 5.56 Å². The Balaban J connectivity index is 2.41. The van der Waals surface area contributed by atoms with Gasteiger partial charge in [0, 0.05) is 10.7 Å². The third-order valence-electron chi connectivity index (χ3n) is 2.65. The minimum atomic E-state index is -0.161. The molecular formula is C12H8ClN3OS2. The van der Waals surface area contributed by atoms with Crippen molar-refractivity contribution in [1.29, 1.82) is 0 Å². The molecule has 0 amide bonds. The van der Waals surface area contributed by atoms with Crippen molar-refractivity contribution < 1.29 is 0 Å². The maximum atomic E-state index is 11.9. The van der Waals surface area contributed by atoms with Crippen molar-refractivity contribution in [2.45, 2.75) is 6.92 Å². The van der Waals surface area contributed by atoms with Crippen molar-refractivity contribution in [1.82, 2.24) is 14.5 Å². The van der Waals surface area contributed by atoms with Gasteiger partial charge in [-0.25, -0.2) is 4.98 Å². The van der Waals surface area contributed by atoms with Crippen molar-refractivity contribution in [2.75, 3.05) is 0 Å². The largest absolute Gasteiger partial charge is 0.309 e. The smallest absolute Gasteiger partial charge is 0.270 e. The lowest BCUT2D eigenvalue weighted by atomic mass is 10.3. The molecule has 0 saturated carbocycles. The molecule has 0 aliphatic heterocycles. The van der Waals surface area contributed by atoms with Crippen LogP contribution >= 0.6 is 35.2 Å². The second-order valence-corrected chi connectivity index (χ2v) is 6.06. The Morgan fingerprint density at radius 2 is 2.05 bits per heavy atom. The highest BCUT2D eigenvalue weighted by Crippen LogP contribution is 2.23. The van der Waals surface area contributed by atoms with E-state index in [1.807, 2.05) is 12.1 Å². The highest BCUT2D eigenvalue weighted by atomic mass is 35.5. The van der Waals surface area contributed by atoms with Gasteiger partial charge in [-0.1, -0.05) is 22.9 Å². The Morgan fingerprint density at radius 3 is 2.74 bits per heavy atom. The molecular weight excluding hydrogens is 302 g/mol. The van der Waals surface area contributed by atoms with E-state index in [9.17, 15) is 4.79 Å². The molecule has 19 heavy (non-hydrogen) atoms. The maximum absolute atomic E-state index is 11.9. The molecule has 0 fully saturated rings. The molecule has 0 radical (unpaired) electrons. The second kappa shape index (κ2) is 4.56. The van der Waals surface area contributed by atoms with E-state index < -0.39 is 0 Å². The second-order valence-electron chi connectivity index (χ2n) is 3.98. The van der Waals surface area contributed by atoms with Gasteiger partial charge < -0.3 is 4.98 Å². The third-order valence-corrected chi connectivity index (χ3v) is 4.26. The molecule has 7 heteroatoms. The summed E-state index contributed by atoms with van der Waals surface area (Å²) < 4.78 is 2.90. The molecule has 96 valence electrons. The zero-order valence-electron chi connectivity index (χ0n) is 9.81. The van der Waals surface area contributed by atoms with Gasteiger partial charge in [0.05, 0.1) is 0 Å². The number of hydrogen-bond donors (Lipinski definition) is 1. The number of rotatable bonds is 1. The quantitative estimate of drug-likeness (QED) is 0.700. The Kier molecular flexibility index (Phi) is 3.00. The van der Waals surface area contributed by atoms with Crippen molar-refractivity contribution >= 4 is 45.5 Å². The number of nitrogens with zero attached hydrogens (tertiary/aromatic N) is 2. The summed E-state index contributed by atoms with van der Waals surface area (Å²) in [5.74, 6) is 0.563. The molecule has 3 rings (SSSR count). The minimum Gasteiger partial charge on any atom is -0.309 e. The summed E-state index contributed by atoms with van der Waals surface area (Å²) >= 11 is 12.5. The summed E-state index contributed by atoms with van der Waals surface area (Å²) in [5.41, 5.74) is 1.27. The van der Waals surface area contributed by atoms with E-state index in [0.717, 1.165) is 5.69 Å². The summed E-state index contributed by atoms with van der Waals surface area (Å²) in [4.78, 5) is 18.9. The zero-order chi connectivity index (χ0) is 13.6. The number of fused-ring (bicyclic) bond motifs is 1. The first-order valence-corrected chi connectivity index (χ1v) is 7.05. The monoisotopic (exact) mass is 309 g/mol. The molecule has 0 aliphatic carbocycles. The summed E-state index contributed by atoms with van der Waals surface area (Å²) in [6.07, 6.45) is 0. The number of benzene rings is 1. The Morgan fingerprint density at radius 1 is 1.37 bits per heavy atom. The van der Waals surface area contributed by atoms with Gasteiger partial charge >= 0.3 is 0 Å². The van der Waals surface area contributed by atoms with Crippen LogP contribution in [0.3, 0.4) is 0 Å². The molecule has 2 aromatic heterocycles. The van der Waals surface area contributed by atoms with Gasteiger partial charge in [-0.15, -0.1) is 0 Å². The van der Waals surface area contributed by atoms with E-state index >= 15 is 0 Å². The molecule has 1 aromatic carbocycles. The van der Waals surface area contributed by atoms with Crippen LogP contribution in [0.4, 0.5) is 0 Å². The van der Waals surface area contributed by atoms with Gasteiger partial charge in [0.25, 0.3) is 5.56 Å². The standard InChI is InChI=1S/C12H8ClN3OS2/c1-6-14-10-9(11(17)15-6)19-12(18)16(10)8-4-2-7(13)3-5-8/h2-5H,1H3,(H,14,15,17). The molecule has 1 N–H and O–H groups in total. The Labute approximate surface area is 122 Å². The number of hydrogen-bond acceptors (Lipinski definition) is 4. The molecule has 0 atom stereocenters. The molecule has 0 unspecified atom stereocenters. The zero-order valence-corrected chi connectivity index (χ0v) is 12.2. The van der Waals surface area contributed by atoms with E-state index in [1.165, 1.54) is 11.3 Å². The lowest BCUT2D eigenvalue weighted by Gasteiger charge is -2.04. The number of aromatic nitrogens is 3. The van der Waals surface area contributed by atoms with Crippen molar-refractivity contribution in [2.24, 2.45) is 0 Å². The van der Waals surface area contributed by atoms with Gasteiger partial charge in [-0.2, -0.15) is 0 Å². The summed E-state index contributed by atoms with van der Waals surface area (Å²) in [6.45, 7) is 1.74. The molecule has 0 bridgehead atoms. The Bertz CT molecular complexity index is 877. The van der Waals surface area contributed by atoms with Crippen molar-refractivity contribution in [3.05, 3.63) is 49.4 Å². The lowest BCUT2D eigenvalue weighted by Crippen LogP contribution is -2.09. The summed E-state index contributed by atoms with van der Waals surface area (Å²) in [5, 5.41) is 0.650. The number of thiazole rings is 1. The molecule has 2 heterocycles. The number of aryl methyl sites for hydroxylation is 1. The topological polar surface area (TPSA) is 50.7 Å². The van der Waals surface area contributed by atoms with Gasteiger partial charge in [-0.3, -0.25) is 9.36 Å². The highest BCUT2D eigenvalue weighted by Gasteiger charge is 2.12. The average Bonchev–Trinajstić information content (AvgIpc) is 2.67. The van der Waals surface area contributed by atoms with E-state index in [2.05, 4.69) is 9.97 Å². The van der Waals surface area contributed by atoms with Crippen LogP contribution in [-0.4, -0.2) is 14.5 Å². The van der Waals surface area contributed by atoms with Gasteiger partial charge in [-0.05, 0) is 43.4 Å². The predicted octanol–water partition coefficient (Wildman–Crippen LogP) is 3.47. The fourth-order valence-corrected chi connectivity index (χ4v) is 3.24. The summed E-state index contributed by atoms with van der Waals surface area (Å²) in [6, 6.07) is 7.26. The first kappa shape index (κ1) is 12.5. The van der Waals surface area contributed by atoms with Gasteiger partial charge in [0.2, 0.25) is 0 Å². The lowest BCUT2D eigenvalue weighted by molar-refractivity contribution is 1.01. The molecule has 0 saturated heterocycles. The van der Waals surface area contributed by atoms with E-state index in [1.54, 1.807) is 23.6 Å². The minimum absolute atomic E-state index is 0.161. The van der Waals surface area contributed by atoms with E-state index in [0.29, 0.717) is 25.1 Å². The number of halogens is 1. The van der Waals surface area contributed by atoms with Gasteiger partial charge in [0.1, 0.15) is 10.5 Å². The van der Waals surface area contributed by atoms with Crippen molar-refractivity contribution in [3.8, 4) is 5.69 Å². The first-order valence-electron chi connectivity index (χ1n) is 5.44. The molecule has 3 aromatic rings. The van der Waals surface area contributed by atoms with Crippen LogP contribution in [0, 0.1) is 10.9 Å². The average molecular weight is 310 g/mol. The van der Waals surface area contributed by atoms with Crippen LogP contribution in [-0.2, 0) is 0 Å². The normalized spacial score (nSPS) is 11.1. The highest BCUT2D eigenvalue weighted by molar-refractivity contribution is 7.73. The van der Waals surface area contributed by atoms with Crippen LogP contribution in [0.25, 0.3) is 16.0 Å². The first-order chi connectivity index (χ1) is 9.06. The van der Waals surface area contributed by atoms with E-state index in [-0.39, 0.29) is 5.56 Å². The number of H-pyrrole nitrogens is 1. The van der Waals surface area contributed by atoms with Crippen molar-refractivity contribution in [3.63, 3.8) is 0 Å². The van der Waals surface area contributed by atoms with Crippen LogP contribution in [0.2, 0.25) is 5.02 Å². The predicted molar refractivity (Wildman–Crippen MR) is 80.1 cm³/mol. The van der Waals surface area contributed by atoms with Gasteiger partial charge in [0.15, 0.2) is 9.60 Å². The fraction of sp³-hybridized carbons (Fsp3) is 0.0833. The molecule has 0 aliphatic rings. The summed E-state index contributed by atoms with van der Waals surface area (Å²) in [7, 11) is 0. The van der Waals surface area contributed by atoms with Crippen LogP contribution in [0.15, 0.2) is 29.1 Å². The number of nitrogens with one attached hydrogen (secondary N) is 1. The van der Waals surface area contributed by atoms with Crippen LogP contribution in [0.5, 0.6) is 0 Å². The third kappa shape index (κ3) is 2.11.